The Hall–Kier alpha value is -3.50. The first kappa shape index (κ1) is 27.1. The zero-order valence-electron chi connectivity index (χ0n) is 22.9. The van der Waals surface area contributed by atoms with Crippen molar-refractivity contribution in [1.29, 1.82) is 0 Å². The minimum atomic E-state index is -2.88. The van der Waals surface area contributed by atoms with E-state index in [4.69, 9.17) is 4.98 Å². The van der Waals surface area contributed by atoms with Gasteiger partial charge in [0.05, 0.1) is 28.6 Å². The predicted molar refractivity (Wildman–Crippen MR) is 156 cm³/mol. The van der Waals surface area contributed by atoms with Gasteiger partial charge in [-0.3, -0.25) is 0 Å². The first-order valence-corrected chi connectivity index (χ1v) is 15.0. The first-order valence-electron chi connectivity index (χ1n) is 13.2. The van der Waals surface area contributed by atoms with E-state index < -0.39 is 9.84 Å². The predicted octanol–water partition coefficient (Wildman–Crippen LogP) is 4.02. The zero-order chi connectivity index (χ0) is 27.7. The maximum Gasteiger partial charge on any atom is 0.152 e. The van der Waals surface area contributed by atoms with Gasteiger partial charge >= 0.3 is 0 Å². The van der Waals surface area contributed by atoms with Gasteiger partial charge in [-0.15, -0.1) is 0 Å². The van der Waals surface area contributed by atoms with Gasteiger partial charge in [0.25, 0.3) is 0 Å². The normalized spacial score (nSPS) is 15.5. The number of pyridine rings is 2. The molecule has 4 aromatic rings. The fourth-order valence-electron chi connectivity index (χ4n) is 5.02. The molecule has 8 nitrogen and oxygen atoms in total. The second-order valence-electron chi connectivity index (χ2n) is 10.5. The first-order chi connectivity index (χ1) is 18.6. The largest absolute Gasteiger partial charge is 0.375 e. The average molecular weight is 551 g/mol. The molecule has 1 aliphatic heterocycles. The summed E-state index contributed by atoms with van der Waals surface area (Å²) in [6.07, 6.45) is 5.68. The molecule has 39 heavy (non-hydrogen) atoms. The molecule has 0 bridgehead atoms. The Balaban J connectivity index is 1.49. The van der Waals surface area contributed by atoms with Crippen molar-refractivity contribution in [2.75, 3.05) is 69.1 Å². The summed E-state index contributed by atoms with van der Waals surface area (Å²) in [5.41, 5.74) is 4.88. The zero-order valence-corrected chi connectivity index (χ0v) is 23.7. The molecule has 0 saturated carbocycles. The van der Waals surface area contributed by atoms with Gasteiger partial charge in [0.1, 0.15) is 17.3 Å². The van der Waals surface area contributed by atoms with Crippen LogP contribution in [0.3, 0.4) is 0 Å². The van der Waals surface area contributed by atoms with E-state index in [1.807, 2.05) is 57.4 Å². The number of nitrogens with zero attached hydrogens (tertiary/aromatic N) is 6. The number of fused-ring (bicyclic) bond motifs is 1. The van der Waals surface area contributed by atoms with Crippen molar-refractivity contribution in [3.8, 4) is 16.9 Å². The smallest absolute Gasteiger partial charge is 0.152 e. The Labute approximate surface area is 229 Å². The summed E-state index contributed by atoms with van der Waals surface area (Å²) in [6.45, 7) is 2.05. The Morgan fingerprint density at radius 2 is 1.74 bits per heavy atom. The summed E-state index contributed by atoms with van der Waals surface area (Å²) in [5.74, 6) is 1.04. The van der Waals surface area contributed by atoms with Gasteiger partial charge in [-0.1, -0.05) is 6.07 Å². The molecule has 10 heteroatoms. The number of rotatable bonds is 8. The average Bonchev–Trinajstić information content (AvgIpc) is 3.27. The summed E-state index contributed by atoms with van der Waals surface area (Å²) in [6, 6.07) is 13.2. The maximum absolute atomic E-state index is 14.8. The van der Waals surface area contributed by atoms with Crippen molar-refractivity contribution in [3.63, 3.8) is 0 Å². The molecular weight excluding hydrogens is 515 g/mol. The monoisotopic (exact) mass is 550 g/mol. The maximum atomic E-state index is 14.8. The van der Waals surface area contributed by atoms with E-state index in [9.17, 15) is 12.8 Å². The van der Waals surface area contributed by atoms with Gasteiger partial charge in [0.15, 0.2) is 9.84 Å². The standard InChI is InChI=1S/C29H35FN6O2S/c1-33(2)27-10-7-21(18-25(27)30)26-9-8-24-22(6-5-13-35-14-16-39(37,38)17-15-35)20-36(29(24)32-26)23-11-12-31-28(19-23)34(3)4/h7-12,18-20H,5-6,13-17H2,1-4H3. The number of anilines is 2. The van der Waals surface area contributed by atoms with E-state index in [2.05, 4.69) is 26.7 Å². The van der Waals surface area contributed by atoms with Crippen LogP contribution in [-0.2, 0) is 16.3 Å². The Morgan fingerprint density at radius 3 is 2.44 bits per heavy atom. The van der Waals surface area contributed by atoms with Crippen molar-refractivity contribution in [1.82, 2.24) is 19.4 Å². The van der Waals surface area contributed by atoms with Crippen LogP contribution >= 0.6 is 0 Å². The number of aromatic nitrogens is 3. The van der Waals surface area contributed by atoms with Gasteiger partial charge in [-0.05, 0) is 55.3 Å². The highest BCUT2D eigenvalue weighted by Crippen LogP contribution is 2.30. The molecule has 0 atom stereocenters. The van der Waals surface area contributed by atoms with Crippen LogP contribution in [0.4, 0.5) is 15.9 Å². The molecule has 0 spiro atoms. The number of hydrogen-bond acceptors (Lipinski definition) is 7. The summed E-state index contributed by atoms with van der Waals surface area (Å²) in [5, 5.41) is 1.05. The molecule has 1 fully saturated rings. The van der Waals surface area contributed by atoms with Gasteiger partial charge in [0.2, 0.25) is 0 Å². The van der Waals surface area contributed by atoms with Crippen LogP contribution in [0, 0.1) is 5.82 Å². The molecule has 206 valence electrons. The minimum Gasteiger partial charge on any atom is -0.375 e. The number of aryl methyl sites for hydroxylation is 1. The van der Waals surface area contributed by atoms with Gasteiger partial charge in [0, 0.05) is 70.7 Å². The molecule has 0 N–H and O–H groups in total. The van der Waals surface area contributed by atoms with Crippen LogP contribution in [-0.4, -0.2) is 87.2 Å². The molecule has 0 aliphatic carbocycles. The lowest BCUT2D eigenvalue weighted by atomic mass is 10.1. The molecule has 4 heterocycles. The number of benzene rings is 1. The third-order valence-electron chi connectivity index (χ3n) is 7.28. The topological polar surface area (TPSA) is 74.6 Å². The van der Waals surface area contributed by atoms with Crippen molar-refractivity contribution in [3.05, 3.63) is 66.2 Å². The Bertz CT molecular complexity index is 1580. The quantitative estimate of drug-likeness (QED) is 0.328. The summed E-state index contributed by atoms with van der Waals surface area (Å²) >= 11 is 0. The Kier molecular flexibility index (Phi) is 7.59. The second-order valence-corrected chi connectivity index (χ2v) is 12.8. The van der Waals surface area contributed by atoms with E-state index in [-0.39, 0.29) is 17.3 Å². The van der Waals surface area contributed by atoms with Crippen LogP contribution in [0.2, 0.25) is 0 Å². The summed E-state index contributed by atoms with van der Waals surface area (Å²) < 4.78 is 40.4. The number of sulfone groups is 1. The highest BCUT2D eigenvalue weighted by molar-refractivity contribution is 7.91. The van der Waals surface area contributed by atoms with E-state index in [1.165, 1.54) is 11.6 Å². The van der Waals surface area contributed by atoms with E-state index in [0.717, 1.165) is 47.5 Å². The fraction of sp³-hybridized carbons (Fsp3) is 0.379. The van der Waals surface area contributed by atoms with Gasteiger partial charge in [-0.2, -0.15) is 0 Å². The third kappa shape index (κ3) is 5.91. The van der Waals surface area contributed by atoms with Crippen LogP contribution in [0.15, 0.2) is 54.9 Å². The Morgan fingerprint density at radius 1 is 0.974 bits per heavy atom. The second kappa shape index (κ2) is 10.9. The number of halogens is 1. The molecule has 1 aliphatic rings. The molecular formula is C29H35FN6O2S. The molecule has 0 radical (unpaired) electrons. The molecule has 0 unspecified atom stereocenters. The molecule has 1 saturated heterocycles. The van der Waals surface area contributed by atoms with E-state index >= 15 is 0 Å². The van der Waals surface area contributed by atoms with Crippen LogP contribution in [0.25, 0.3) is 28.0 Å². The van der Waals surface area contributed by atoms with Crippen molar-refractivity contribution < 1.29 is 12.8 Å². The lowest BCUT2D eigenvalue weighted by Gasteiger charge is -2.26. The van der Waals surface area contributed by atoms with Crippen LogP contribution in [0.1, 0.15) is 12.0 Å². The van der Waals surface area contributed by atoms with E-state index in [0.29, 0.717) is 24.5 Å². The third-order valence-corrected chi connectivity index (χ3v) is 8.89. The number of hydrogen-bond donors (Lipinski definition) is 0. The molecule has 5 rings (SSSR count). The van der Waals surface area contributed by atoms with E-state index in [1.54, 1.807) is 17.2 Å². The van der Waals surface area contributed by atoms with Gasteiger partial charge < -0.3 is 19.3 Å². The van der Waals surface area contributed by atoms with Crippen molar-refractivity contribution in [2.45, 2.75) is 12.8 Å². The van der Waals surface area contributed by atoms with Crippen LogP contribution in [0.5, 0.6) is 0 Å². The lowest BCUT2D eigenvalue weighted by Crippen LogP contribution is -2.40. The highest BCUT2D eigenvalue weighted by atomic mass is 32.2. The highest BCUT2D eigenvalue weighted by Gasteiger charge is 2.21. The van der Waals surface area contributed by atoms with Gasteiger partial charge in [-0.25, -0.2) is 22.8 Å². The van der Waals surface area contributed by atoms with Crippen LogP contribution < -0.4 is 9.80 Å². The lowest BCUT2D eigenvalue weighted by molar-refractivity contribution is 0.292. The molecule has 3 aromatic heterocycles. The minimum absolute atomic E-state index is 0.241. The van der Waals surface area contributed by atoms with Crippen molar-refractivity contribution >= 4 is 32.4 Å². The molecule has 0 amide bonds. The fourth-order valence-corrected chi connectivity index (χ4v) is 6.30. The SMILES string of the molecule is CN(C)c1cc(-n2cc(CCCN3CCS(=O)(=O)CC3)c3ccc(-c4ccc(N(C)C)c(F)c4)nc32)ccn1. The summed E-state index contributed by atoms with van der Waals surface area (Å²) in [4.78, 5) is 15.4. The van der Waals surface area contributed by atoms with Crippen molar-refractivity contribution in [2.24, 2.45) is 0 Å². The summed E-state index contributed by atoms with van der Waals surface area (Å²) in [7, 11) is 4.67. The molecule has 1 aromatic carbocycles.